The molecule has 2 amide bonds. The van der Waals surface area contributed by atoms with Crippen LogP contribution in [-0.4, -0.2) is 45.5 Å². The fourth-order valence-corrected chi connectivity index (χ4v) is 3.83. The summed E-state index contributed by atoms with van der Waals surface area (Å²) in [5.41, 5.74) is 1.41. The van der Waals surface area contributed by atoms with Gasteiger partial charge in [0.15, 0.2) is 11.5 Å². The number of benzene rings is 2. The van der Waals surface area contributed by atoms with Gasteiger partial charge in [-0.2, -0.15) is 5.06 Å². The summed E-state index contributed by atoms with van der Waals surface area (Å²) in [6.07, 6.45) is 0.990. The minimum atomic E-state index is -0.709. The zero-order chi connectivity index (χ0) is 23.6. The van der Waals surface area contributed by atoms with Gasteiger partial charge in [0, 0.05) is 12.1 Å². The van der Waals surface area contributed by atoms with Crippen LogP contribution >= 0.6 is 0 Å². The molecule has 170 valence electrons. The van der Waals surface area contributed by atoms with Crippen molar-refractivity contribution in [3.05, 3.63) is 48.6 Å². The Morgan fingerprint density at radius 2 is 1.62 bits per heavy atom. The fourth-order valence-electron chi connectivity index (χ4n) is 3.83. The van der Waals surface area contributed by atoms with Crippen LogP contribution in [0.2, 0.25) is 0 Å². The van der Waals surface area contributed by atoms with Crippen LogP contribution in [0.25, 0.3) is 0 Å². The molecule has 0 bridgehead atoms. The third-order valence-electron chi connectivity index (χ3n) is 5.46. The number of methoxy groups -OCH3 is 4. The molecule has 1 fully saturated rings. The number of carbonyl (C=O) groups excluding carboxylic acids is 2. The Labute approximate surface area is 186 Å². The first kappa shape index (κ1) is 23.0. The summed E-state index contributed by atoms with van der Waals surface area (Å²) in [5.74, 6) is 0.413. The van der Waals surface area contributed by atoms with Gasteiger partial charge < -0.3 is 23.8 Å². The number of hydrogen-bond acceptors (Lipinski definition) is 7. The Balaban J connectivity index is 2.08. The molecule has 1 aliphatic rings. The van der Waals surface area contributed by atoms with E-state index in [0.717, 1.165) is 6.08 Å². The van der Waals surface area contributed by atoms with Gasteiger partial charge in [-0.1, -0.05) is 19.6 Å². The highest BCUT2D eigenvalue weighted by Gasteiger charge is 2.46. The Morgan fingerprint density at radius 1 is 1.03 bits per heavy atom. The van der Waals surface area contributed by atoms with Gasteiger partial charge in [0.25, 0.3) is 5.91 Å². The molecule has 9 nitrogen and oxygen atoms in total. The summed E-state index contributed by atoms with van der Waals surface area (Å²) in [4.78, 5) is 26.4. The number of rotatable bonds is 8. The van der Waals surface area contributed by atoms with Crippen LogP contribution in [0, 0.1) is 5.92 Å². The zero-order valence-corrected chi connectivity index (χ0v) is 18.6. The molecule has 0 radical (unpaired) electrons. The molecule has 0 saturated carbocycles. The Morgan fingerprint density at radius 3 is 2.12 bits per heavy atom. The van der Waals surface area contributed by atoms with E-state index in [1.54, 1.807) is 35.2 Å². The zero-order valence-electron chi connectivity index (χ0n) is 18.6. The first-order valence-corrected chi connectivity index (χ1v) is 9.79. The molecule has 3 rings (SSSR count). The van der Waals surface area contributed by atoms with E-state index < -0.39 is 5.91 Å². The minimum absolute atomic E-state index is 0.0929. The van der Waals surface area contributed by atoms with E-state index in [-0.39, 0.29) is 23.6 Å². The summed E-state index contributed by atoms with van der Waals surface area (Å²) in [5, 5.41) is 10.8. The van der Waals surface area contributed by atoms with Crippen molar-refractivity contribution in [1.29, 1.82) is 0 Å². The quantitative estimate of drug-likeness (QED) is 0.290. The topological polar surface area (TPSA) is 97.8 Å². The van der Waals surface area contributed by atoms with E-state index in [2.05, 4.69) is 6.58 Å². The second kappa shape index (κ2) is 9.19. The van der Waals surface area contributed by atoms with Gasteiger partial charge in [0.05, 0.1) is 46.1 Å². The average molecular weight is 442 g/mol. The molecule has 1 heterocycles. The van der Waals surface area contributed by atoms with E-state index in [1.165, 1.54) is 28.4 Å². The predicted octanol–water partition coefficient (Wildman–Crippen LogP) is 3.35. The molecule has 0 aromatic heterocycles. The monoisotopic (exact) mass is 442 g/mol. The lowest BCUT2D eigenvalue weighted by molar-refractivity contribution is -0.129. The molecule has 2 atom stereocenters. The SMILES string of the molecule is C=CC(=O)N(O)c1cc(C2[C@@H](C)C(=O)N2c2cc(OC)c(OC)c(OC)c2)ccc1OC. The smallest absolute Gasteiger partial charge is 0.274 e. The molecular weight excluding hydrogens is 416 g/mol. The largest absolute Gasteiger partial charge is 0.494 e. The van der Waals surface area contributed by atoms with Gasteiger partial charge in [-0.3, -0.25) is 14.8 Å². The van der Waals surface area contributed by atoms with Gasteiger partial charge in [-0.15, -0.1) is 0 Å². The van der Waals surface area contributed by atoms with Crippen LogP contribution in [-0.2, 0) is 9.59 Å². The molecule has 1 saturated heterocycles. The first-order chi connectivity index (χ1) is 15.3. The number of hydrogen-bond donors (Lipinski definition) is 1. The van der Waals surface area contributed by atoms with Crippen molar-refractivity contribution in [2.45, 2.75) is 13.0 Å². The standard InChI is InChI=1S/C23H26N2O7/c1-7-20(26)25(28)16-10-14(8-9-17(16)29-3)21-13(2)23(27)24(21)15-11-18(30-4)22(32-6)19(12-15)31-5/h7-13,21,28H,1H2,2-6H3/t13-,21?/m1/s1. The first-order valence-electron chi connectivity index (χ1n) is 9.79. The lowest BCUT2D eigenvalue weighted by atomic mass is 9.83. The second-order valence-electron chi connectivity index (χ2n) is 7.11. The molecule has 1 unspecified atom stereocenters. The van der Waals surface area contributed by atoms with E-state index in [1.807, 2.05) is 6.92 Å². The molecule has 9 heteroatoms. The summed E-state index contributed by atoms with van der Waals surface area (Å²) in [6.45, 7) is 5.21. The van der Waals surface area contributed by atoms with Crippen LogP contribution in [0.15, 0.2) is 43.0 Å². The highest BCUT2D eigenvalue weighted by Crippen LogP contribution is 2.49. The maximum Gasteiger partial charge on any atom is 0.274 e. The number of amides is 2. The third kappa shape index (κ3) is 3.71. The Hall–Kier alpha value is -3.72. The van der Waals surface area contributed by atoms with Crippen molar-refractivity contribution in [3.8, 4) is 23.0 Å². The van der Waals surface area contributed by atoms with E-state index in [0.29, 0.717) is 39.3 Å². The highest BCUT2D eigenvalue weighted by atomic mass is 16.5. The maximum atomic E-state index is 12.9. The van der Waals surface area contributed by atoms with Crippen LogP contribution in [0.3, 0.4) is 0 Å². The molecular formula is C23H26N2O7. The predicted molar refractivity (Wildman–Crippen MR) is 118 cm³/mol. The van der Waals surface area contributed by atoms with E-state index in [4.69, 9.17) is 18.9 Å². The van der Waals surface area contributed by atoms with Crippen LogP contribution in [0.4, 0.5) is 11.4 Å². The molecule has 0 spiro atoms. The lowest BCUT2D eigenvalue weighted by Gasteiger charge is -2.46. The molecule has 0 aliphatic carbocycles. The Kier molecular flexibility index (Phi) is 6.59. The molecule has 1 aliphatic heterocycles. The van der Waals surface area contributed by atoms with Crippen molar-refractivity contribution in [1.82, 2.24) is 0 Å². The Bertz CT molecular complexity index is 1030. The molecule has 1 N–H and O–H groups in total. The summed E-state index contributed by atoms with van der Waals surface area (Å²) >= 11 is 0. The fraction of sp³-hybridized carbons (Fsp3) is 0.304. The number of hydroxylamine groups is 1. The summed E-state index contributed by atoms with van der Waals surface area (Å²) in [6, 6.07) is 8.06. The summed E-state index contributed by atoms with van der Waals surface area (Å²) < 4.78 is 21.5. The van der Waals surface area contributed by atoms with Gasteiger partial charge in [-0.05, 0) is 23.8 Å². The number of nitrogens with zero attached hydrogens (tertiary/aromatic N) is 2. The number of ether oxygens (including phenoxy) is 4. The van der Waals surface area contributed by atoms with Crippen molar-refractivity contribution in [2.75, 3.05) is 38.4 Å². The highest BCUT2D eigenvalue weighted by molar-refractivity contribution is 6.04. The van der Waals surface area contributed by atoms with Gasteiger partial charge >= 0.3 is 0 Å². The number of carbonyl (C=O) groups is 2. The van der Waals surface area contributed by atoms with Crippen molar-refractivity contribution >= 4 is 23.2 Å². The van der Waals surface area contributed by atoms with Crippen LogP contribution in [0.1, 0.15) is 18.5 Å². The second-order valence-corrected chi connectivity index (χ2v) is 7.11. The average Bonchev–Trinajstić information content (AvgIpc) is 2.84. The third-order valence-corrected chi connectivity index (χ3v) is 5.46. The molecule has 32 heavy (non-hydrogen) atoms. The van der Waals surface area contributed by atoms with Crippen molar-refractivity contribution in [2.24, 2.45) is 5.92 Å². The summed E-state index contributed by atoms with van der Waals surface area (Å²) in [7, 11) is 5.94. The number of β-lactam (4-membered cyclic amide) rings is 1. The van der Waals surface area contributed by atoms with E-state index in [9.17, 15) is 14.8 Å². The van der Waals surface area contributed by atoms with Crippen molar-refractivity contribution in [3.63, 3.8) is 0 Å². The normalized spacial score (nSPS) is 17.3. The minimum Gasteiger partial charge on any atom is -0.494 e. The van der Waals surface area contributed by atoms with Crippen molar-refractivity contribution < 1.29 is 33.7 Å². The van der Waals surface area contributed by atoms with E-state index >= 15 is 0 Å². The lowest BCUT2D eigenvalue weighted by Crippen LogP contribution is -2.54. The van der Waals surface area contributed by atoms with Crippen LogP contribution < -0.4 is 28.9 Å². The molecule has 2 aromatic carbocycles. The maximum absolute atomic E-state index is 12.9. The molecule has 2 aromatic rings. The van der Waals surface area contributed by atoms with Gasteiger partial charge in [0.1, 0.15) is 11.4 Å². The van der Waals surface area contributed by atoms with Crippen LogP contribution in [0.5, 0.6) is 23.0 Å². The number of anilines is 2. The van der Waals surface area contributed by atoms with Gasteiger partial charge in [-0.25, -0.2) is 0 Å². The van der Waals surface area contributed by atoms with Gasteiger partial charge in [0.2, 0.25) is 11.7 Å².